The molecule has 11 heavy (non-hydrogen) atoms. The second-order valence-electron chi connectivity index (χ2n) is 2.71. The molecule has 2 rings (SSSR count). The Morgan fingerprint density at radius 3 is 3.27 bits per heavy atom. The maximum Gasteiger partial charge on any atom is 0.228 e. The van der Waals surface area contributed by atoms with Crippen LogP contribution >= 0.6 is 0 Å². The van der Waals surface area contributed by atoms with E-state index in [0.717, 1.165) is 16.9 Å². The van der Waals surface area contributed by atoms with E-state index in [0.29, 0.717) is 6.42 Å². The van der Waals surface area contributed by atoms with Crippen molar-refractivity contribution >= 4 is 11.6 Å². The molecule has 3 heteroatoms. The van der Waals surface area contributed by atoms with Crippen molar-refractivity contribution in [2.24, 2.45) is 0 Å². The number of carbonyl (C=O) groups excluding carboxylic acids is 1. The molecule has 0 saturated carbocycles. The number of nitrogens with zero attached hydrogens (tertiary/aromatic N) is 1. The highest BCUT2D eigenvalue weighted by Gasteiger charge is 2.16. The first kappa shape index (κ1) is 6.34. The van der Waals surface area contributed by atoms with Crippen molar-refractivity contribution in [3.63, 3.8) is 0 Å². The summed E-state index contributed by atoms with van der Waals surface area (Å²) in [5.41, 5.74) is 2.86. The molecule has 1 amide bonds. The van der Waals surface area contributed by atoms with Gasteiger partial charge in [-0.2, -0.15) is 0 Å². The summed E-state index contributed by atoms with van der Waals surface area (Å²) < 4.78 is 0. The third kappa shape index (κ3) is 0.981. The minimum Gasteiger partial charge on any atom is -0.325 e. The van der Waals surface area contributed by atoms with Crippen LogP contribution in [0.25, 0.3) is 0 Å². The average Bonchev–Trinajstić information content (AvgIpc) is 2.27. The molecule has 0 aliphatic carbocycles. The van der Waals surface area contributed by atoms with E-state index in [1.807, 2.05) is 13.0 Å². The molecule has 1 aliphatic rings. The third-order valence-corrected chi connectivity index (χ3v) is 1.75. The lowest BCUT2D eigenvalue weighted by Gasteiger charge is -1.97. The highest BCUT2D eigenvalue weighted by molar-refractivity contribution is 5.98. The van der Waals surface area contributed by atoms with Crippen molar-refractivity contribution in [1.82, 2.24) is 4.98 Å². The van der Waals surface area contributed by atoms with Gasteiger partial charge in [0.1, 0.15) is 0 Å². The fourth-order valence-electron chi connectivity index (χ4n) is 1.21. The van der Waals surface area contributed by atoms with Crippen LogP contribution in [-0.4, -0.2) is 10.9 Å². The number of nitrogens with one attached hydrogen (secondary N) is 1. The van der Waals surface area contributed by atoms with Gasteiger partial charge in [-0.05, 0) is 13.0 Å². The summed E-state index contributed by atoms with van der Waals surface area (Å²) >= 11 is 0. The number of rotatable bonds is 0. The topological polar surface area (TPSA) is 42.0 Å². The van der Waals surface area contributed by atoms with Crippen molar-refractivity contribution < 1.29 is 4.79 Å². The number of anilines is 1. The van der Waals surface area contributed by atoms with Crippen LogP contribution in [0.5, 0.6) is 0 Å². The van der Waals surface area contributed by atoms with Gasteiger partial charge in [0.25, 0.3) is 0 Å². The lowest BCUT2D eigenvalue weighted by atomic mass is 10.2. The van der Waals surface area contributed by atoms with Crippen molar-refractivity contribution in [3.8, 4) is 0 Å². The molecule has 2 heterocycles. The first-order chi connectivity index (χ1) is 5.25. The molecule has 1 aliphatic heterocycles. The van der Waals surface area contributed by atoms with Gasteiger partial charge < -0.3 is 5.32 Å². The number of hydrogen-bond acceptors (Lipinski definition) is 2. The highest BCUT2D eigenvalue weighted by atomic mass is 16.1. The van der Waals surface area contributed by atoms with Crippen LogP contribution in [-0.2, 0) is 11.2 Å². The molecule has 1 N–H and O–H groups in total. The monoisotopic (exact) mass is 148 g/mol. The minimum atomic E-state index is 0.0624. The van der Waals surface area contributed by atoms with E-state index in [1.165, 1.54) is 0 Å². The second kappa shape index (κ2) is 2.05. The number of pyridine rings is 1. The van der Waals surface area contributed by atoms with E-state index in [-0.39, 0.29) is 5.91 Å². The summed E-state index contributed by atoms with van der Waals surface area (Å²) in [4.78, 5) is 15.0. The molecule has 0 saturated heterocycles. The highest BCUT2D eigenvalue weighted by Crippen LogP contribution is 2.21. The zero-order valence-electron chi connectivity index (χ0n) is 6.22. The van der Waals surface area contributed by atoms with Crippen molar-refractivity contribution in [2.75, 3.05) is 5.32 Å². The Hall–Kier alpha value is -1.38. The van der Waals surface area contributed by atoms with Gasteiger partial charge in [-0.3, -0.25) is 9.78 Å². The lowest BCUT2D eigenvalue weighted by Crippen LogP contribution is -2.03. The van der Waals surface area contributed by atoms with E-state index < -0.39 is 0 Å². The molecule has 0 unspecified atom stereocenters. The Bertz CT molecular complexity index is 320. The van der Waals surface area contributed by atoms with Gasteiger partial charge in [0.2, 0.25) is 5.91 Å². The van der Waals surface area contributed by atoms with Gasteiger partial charge >= 0.3 is 0 Å². The SMILES string of the molecule is Cc1cc2c(cn1)CC(=O)N2. The van der Waals surface area contributed by atoms with E-state index in [4.69, 9.17) is 0 Å². The summed E-state index contributed by atoms with van der Waals surface area (Å²) in [7, 11) is 0. The molecule has 0 atom stereocenters. The Labute approximate surface area is 64.5 Å². The molecule has 0 aromatic carbocycles. The van der Waals surface area contributed by atoms with Gasteiger partial charge in [-0.25, -0.2) is 0 Å². The fourth-order valence-corrected chi connectivity index (χ4v) is 1.21. The Morgan fingerprint density at radius 1 is 1.64 bits per heavy atom. The van der Waals surface area contributed by atoms with Crippen LogP contribution in [0.4, 0.5) is 5.69 Å². The molecule has 0 fully saturated rings. The molecule has 3 nitrogen and oxygen atoms in total. The number of aryl methyl sites for hydroxylation is 1. The zero-order valence-corrected chi connectivity index (χ0v) is 6.22. The summed E-state index contributed by atoms with van der Waals surface area (Å²) in [6, 6.07) is 1.89. The summed E-state index contributed by atoms with van der Waals surface area (Å²) in [6.45, 7) is 1.91. The quantitative estimate of drug-likeness (QED) is 0.593. The van der Waals surface area contributed by atoms with Gasteiger partial charge in [0.05, 0.1) is 6.42 Å². The van der Waals surface area contributed by atoms with Gasteiger partial charge in [-0.15, -0.1) is 0 Å². The number of aromatic nitrogens is 1. The Morgan fingerprint density at radius 2 is 2.45 bits per heavy atom. The summed E-state index contributed by atoms with van der Waals surface area (Å²) in [6.07, 6.45) is 2.23. The van der Waals surface area contributed by atoms with Crippen LogP contribution in [0.2, 0.25) is 0 Å². The lowest BCUT2D eigenvalue weighted by molar-refractivity contribution is -0.115. The van der Waals surface area contributed by atoms with E-state index >= 15 is 0 Å². The largest absolute Gasteiger partial charge is 0.325 e. The third-order valence-electron chi connectivity index (χ3n) is 1.75. The predicted octanol–water partition coefficient (Wildman–Crippen LogP) is 0.885. The van der Waals surface area contributed by atoms with Crippen molar-refractivity contribution in [2.45, 2.75) is 13.3 Å². The first-order valence-electron chi connectivity index (χ1n) is 3.51. The number of amides is 1. The molecular weight excluding hydrogens is 140 g/mol. The number of carbonyl (C=O) groups is 1. The summed E-state index contributed by atoms with van der Waals surface area (Å²) in [5, 5.41) is 2.76. The van der Waals surface area contributed by atoms with Crippen LogP contribution in [0, 0.1) is 6.92 Å². The molecule has 1 aromatic rings. The number of hydrogen-bond donors (Lipinski definition) is 1. The fraction of sp³-hybridized carbons (Fsp3) is 0.250. The zero-order chi connectivity index (χ0) is 7.84. The molecule has 1 aromatic heterocycles. The van der Waals surface area contributed by atoms with Crippen LogP contribution < -0.4 is 5.32 Å². The van der Waals surface area contributed by atoms with Crippen molar-refractivity contribution in [1.29, 1.82) is 0 Å². The average molecular weight is 148 g/mol. The van der Waals surface area contributed by atoms with Gasteiger partial charge in [-0.1, -0.05) is 0 Å². The molecule has 56 valence electrons. The Balaban J connectivity index is 2.51. The first-order valence-corrected chi connectivity index (χ1v) is 3.51. The van der Waals surface area contributed by atoms with Crippen LogP contribution in [0.15, 0.2) is 12.3 Å². The smallest absolute Gasteiger partial charge is 0.228 e. The molecule has 0 bridgehead atoms. The van der Waals surface area contributed by atoms with E-state index in [2.05, 4.69) is 10.3 Å². The second-order valence-corrected chi connectivity index (χ2v) is 2.71. The van der Waals surface area contributed by atoms with E-state index in [1.54, 1.807) is 6.20 Å². The van der Waals surface area contributed by atoms with E-state index in [9.17, 15) is 4.79 Å². The predicted molar refractivity (Wildman–Crippen MR) is 41.3 cm³/mol. The van der Waals surface area contributed by atoms with Crippen LogP contribution in [0.1, 0.15) is 11.3 Å². The molecule has 0 radical (unpaired) electrons. The summed E-state index contributed by atoms with van der Waals surface area (Å²) in [5.74, 6) is 0.0624. The van der Waals surface area contributed by atoms with Gasteiger partial charge in [0.15, 0.2) is 0 Å². The maximum atomic E-state index is 10.9. The standard InChI is InChI=1S/C8H8N2O/c1-5-2-7-6(4-9-5)3-8(11)10-7/h2,4H,3H2,1H3,(H,10,11). The normalized spacial score (nSPS) is 14.5. The molecular formula is C8H8N2O. The minimum absolute atomic E-state index is 0.0624. The molecule has 0 spiro atoms. The number of fused-ring (bicyclic) bond motifs is 1. The van der Waals surface area contributed by atoms with Gasteiger partial charge in [0, 0.05) is 23.1 Å². The van der Waals surface area contributed by atoms with Crippen molar-refractivity contribution in [3.05, 3.63) is 23.5 Å². The Kier molecular flexibility index (Phi) is 1.18. The van der Waals surface area contributed by atoms with Crippen LogP contribution in [0.3, 0.4) is 0 Å². The maximum absolute atomic E-state index is 10.9.